The molecule has 0 aromatic heterocycles. The quantitative estimate of drug-likeness (QED) is 0.0310. The van der Waals surface area contributed by atoms with Gasteiger partial charge in [-0.3, -0.25) is 54.5 Å². The Balaban J connectivity index is -0.00000109. The first-order valence-corrected chi connectivity index (χ1v) is 44.2. The molecule has 36 heteroatoms. The van der Waals surface area contributed by atoms with Gasteiger partial charge in [0, 0.05) is 19.3 Å². The van der Waals surface area contributed by atoms with Crippen LogP contribution < -0.4 is 29.4 Å². The van der Waals surface area contributed by atoms with Crippen LogP contribution in [0.1, 0.15) is 200 Å². The molecule has 3 saturated heterocycles. The molecule has 3 heterocycles. The third-order valence-electron chi connectivity index (χ3n) is 16.8. The number of phosphoric acid groups is 6. The molecule has 6 unspecified atom stereocenters. The number of quaternary nitrogens is 6. The van der Waals surface area contributed by atoms with Crippen LogP contribution >= 0.6 is 46.9 Å². The number of piperidine rings is 1. The van der Waals surface area contributed by atoms with Crippen molar-refractivity contribution in [2.75, 3.05) is 199 Å². The molecule has 3 aliphatic rings. The minimum absolute atomic E-state index is 0.116. The Morgan fingerprint density at radius 3 is 0.677 bits per heavy atom. The molecule has 582 valence electrons. The maximum atomic E-state index is 11.7. The summed E-state index contributed by atoms with van der Waals surface area (Å²) >= 11 is 0. The van der Waals surface area contributed by atoms with Crippen LogP contribution in [0.4, 0.5) is 0 Å². The van der Waals surface area contributed by atoms with Gasteiger partial charge < -0.3 is 83.4 Å². The van der Waals surface area contributed by atoms with Crippen molar-refractivity contribution in [1.29, 1.82) is 0 Å². The van der Waals surface area contributed by atoms with E-state index in [0.717, 1.165) is 193 Å². The summed E-state index contributed by atoms with van der Waals surface area (Å²) in [5.41, 5.74) is 0. The summed E-state index contributed by atoms with van der Waals surface area (Å²) in [6.45, 7) is 44.7. The average molecular weight is 1510 g/mol. The Labute approximate surface area is 582 Å². The molecule has 3 fully saturated rings. The number of phosphoric ester groups is 6. The van der Waals surface area contributed by atoms with Crippen LogP contribution in [-0.4, -0.2) is 226 Å². The van der Waals surface area contributed by atoms with Gasteiger partial charge in [0.05, 0.1) is 159 Å². The summed E-state index contributed by atoms with van der Waals surface area (Å²) in [5, 5.41) is 0. The number of nitrogens with zero attached hydrogens (tertiary/aromatic N) is 6. The molecular weight excluding hydrogens is 1370 g/mol. The number of rotatable bonds is 48. The third-order valence-corrected chi connectivity index (χ3v) is 22.8. The fourth-order valence-electron chi connectivity index (χ4n) is 10.7. The molecule has 30 nitrogen and oxygen atoms in total. The first-order valence-electron chi connectivity index (χ1n) is 35.4. The van der Waals surface area contributed by atoms with Gasteiger partial charge >= 0.3 is 0 Å². The minimum Gasteiger partial charge on any atom is -0.756 e. The molecule has 0 amide bonds. The Morgan fingerprint density at radius 2 is 0.479 bits per heavy atom. The molecule has 6 atom stereocenters. The van der Waals surface area contributed by atoms with Crippen molar-refractivity contribution in [3.8, 4) is 0 Å². The minimum atomic E-state index is -4.15. The van der Waals surface area contributed by atoms with Crippen LogP contribution in [0.2, 0.25) is 0 Å². The fraction of sp³-hybridized carbons (Fsp3) is 1.00. The van der Waals surface area contributed by atoms with Gasteiger partial charge in [0.25, 0.3) is 46.9 Å². The summed E-state index contributed by atoms with van der Waals surface area (Å²) in [6.07, 6.45) is 16.6. The van der Waals surface area contributed by atoms with Gasteiger partial charge in [-0.25, -0.2) is 0 Å². The lowest BCUT2D eigenvalue weighted by molar-refractivity contribution is -0.960. The summed E-state index contributed by atoms with van der Waals surface area (Å²) in [4.78, 5) is 67.6. The monoisotopic (exact) mass is 1510 g/mol. The van der Waals surface area contributed by atoms with Gasteiger partial charge in [0.2, 0.25) is 0 Å². The standard InChI is InChI=1S/C15H34NO4P.C12H28NO4P.C9H20NO4P.C9H22NO4P.C8H18NO4P.C7H16NO4P/c1-5-9-12-16(13-10-6-2,14-11-7-3)15-20-21(17,18)19-8-4;1-5-9-13(10-6-2,11-7-3)12-17-18(14,15)16-8-4;1-3-13-15(11,12)14-9-10(2)7-5-4-6-8-10;1-5-10(6-2,7-3)9-14-15(11,12)13-8-4;1-3-12-14(10,11)13-8-9(2)6-4-5-7-9;1-3-11-13(9,10)12-7-8(2)5-4-6-8/h5-15H2,1-4H3;5-12H2,1-4H3;3-9H2,1-2H3;5-9H2,1-4H3;3-8H2,1-2H3;3-7H2,1-2H3. The SMILES string of the molecule is CCCC[N+](CCCC)(CCCC)COP(=O)([O-])OCC.CCC[N+](CCC)(CCC)COP(=O)([O-])OCC.CCOP(=O)([O-])OC[N+](CC)(CC)CC.CCOP(=O)([O-])OC[N+]1(C)CCC1.CCOP(=O)([O-])OC[N+]1(C)CCCC1.CCOP(=O)([O-])OC[N+]1(C)CCCCC1. The van der Waals surface area contributed by atoms with Gasteiger partial charge in [-0.05, 0) is 120 Å². The highest BCUT2D eigenvalue weighted by atomic mass is 31.2. The summed E-state index contributed by atoms with van der Waals surface area (Å²) in [7, 11) is -18.5. The van der Waals surface area contributed by atoms with Gasteiger partial charge in [-0.1, -0.05) is 60.8 Å². The third kappa shape index (κ3) is 49.2. The molecule has 0 aromatic rings. The van der Waals surface area contributed by atoms with E-state index < -0.39 is 46.9 Å². The van der Waals surface area contributed by atoms with Crippen LogP contribution in [0, 0.1) is 0 Å². The second-order valence-corrected chi connectivity index (χ2v) is 33.9. The van der Waals surface area contributed by atoms with E-state index in [1.54, 1.807) is 41.5 Å². The van der Waals surface area contributed by atoms with E-state index in [2.05, 4.69) is 64.2 Å². The van der Waals surface area contributed by atoms with Gasteiger partial charge in [-0.2, -0.15) is 0 Å². The molecule has 0 N–H and O–H groups in total. The average Bonchev–Trinajstić information content (AvgIpc) is 1.19. The van der Waals surface area contributed by atoms with E-state index >= 15 is 0 Å². The maximum Gasteiger partial charge on any atom is 0.272 e. The highest BCUT2D eigenvalue weighted by Gasteiger charge is 2.34. The van der Waals surface area contributed by atoms with Crippen molar-refractivity contribution >= 4 is 46.9 Å². The Kier molecular flexibility index (Phi) is 55.8. The van der Waals surface area contributed by atoms with Crippen LogP contribution in [0.15, 0.2) is 0 Å². The first kappa shape index (κ1) is 101. The predicted molar refractivity (Wildman–Crippen MR) is 364 cm³/mol. The molecule has 0 aromatic carbocycles. The lowest BCUT2D eigenvalue weighted by Gasteiger charge is -2.42. The number of unbranched alkanes of at least 4 members (excludes halogenated alkanes) is 3. The smallest absolute Gasteiger partial charge is 0.272 e. The molecule has 0 bridgehead atoms. The normalized spacial score (nSPS) is 19.6. The Hall–Kier alpha value is 0.420. The summed E-state index contributed by atoms with van der Waals surface area (Å²) in [5.74, 6) is 0. The Bertz CT molecular complexity index is 2190. The number of hydrogen-bond acceptors (Lipinski definition) is 24. The molecule has 0 spiro atoms. The predicted octanol–water partition coefficient (Wildman–Crippen LogP) is 9.65. The van der Waals surface area contributed by atoms with E-state index in [9.17, 15) is 56.8 Å². The van der Waals surface area contributed by atoms with Crippen LogP contribution in [0.5, 0.6) is 0 Å². The second kappa shape index (κ2) is 53.2. The molecular formula is C60H138N6O24P6. The summed E-state index contributed by atoms with van der Waals surface area (Å²) in [6, 6.07) is 0. The van der Waals surface area contributed by atoms with Crippen molar-refractivity contribution in [3.05, 3.63) is 0 Å². The molecule has 96 heavy (non-hydrogen) atoms. The zero-order valence-electron chi connectivity index (χ0n) is 62.9. The highest BCUT2D eigenvalue weighted by molar-refractivity contribution is 7.47. The molecule has 3 aliphatic heterocycles. The van der Waals surface area contributed by atoms with Gasteiger partial charge in [0.1, 0.15) is 0 Å². The largest absolute Gasteiger partial charge is 0.756 e. The van der Waals surface area contributed by atoms with Gasteiger partial charge in [-0.15, -0.1) is 0 Å². The lowest BCUT2D eigenvalue weighted by atomic mass is 10.1. The van der Waals surface area contributed by atoms with Crippen molar-refractivity contribution in [2.24, 2.45) is 0 Å². The molecule has 3 rings (SSSR count). The molecule has 0 aliphatic carbocycles. The summed E-state index contributed by atoms with van der Waals surface area (Å²) < 4.78 is 128. The molecule has 0 saturated carbocycles. The number of hydrogen-bond donors (Lipinski definition) is 0. The van der Waals surface area contributed by atoms with E-state index in [1.807, 2.05) is 41.9 Å². The van der Waals surface area contributed by atoms with Crippen molar-refractivity contribution < 1.29 is 138 Å². The fourth-order valence-corrected chi connectivity index (χ4v) is 15.5. The maximum absolute atomic E-state index is 11.7. The van der Waals surface area contributed by atoms with Crippen molar-refractivity contribution in [3.63, 3.8) is 0 Å². The van der Waals surface area contributed by atoms with Crippen LogP contribution in [-0.2, 0) is 81.7 Å². The zero-order valence-corrected chi connectivity index (χ0v) is 68.2. The number of likely N-dealkylation sites (tertiary alicyclic amines) is 3. The van der Waals surface area contributed by atoms with Crippen molar-refractivity contribution in [2.45, 2.75) is 200 Å². The van der Waals surface area contributed by atoms with E-state index in [1.165, 1.54) is 6.42 Å². The van der Waals surface area contributed by atoms with E-state index in [-0.39, 0.29) is 80.0 Å². The highest BCUT2D eigenvalue weighted by Crippen LogP contribution is 2.43. The topological polar surface area (TPSA) is 352 Å². The van der Waals surface area contributed by atoms with E-state index in [0.29, 0.717) is 22.4 Å². The van der Waals surface area contributed by atoms with E-state index in [4.69, 9.17) is 31.7 Å². The second-order valence-electron chi connectivity index (χ2n) is 25.4. The van der Waals surface area contributed by atoms with Gasteiger partial charge in [0.15, 0.2) is 40.4 Å². The zero-order chi connectivity index (χ0) is 74.2. The first-order chi connectivity index (χ1) is 44.8. The lowest BCUT2D eigenvalue weighted by Crippen LogP contribution is -2.55. The molecule has 0 radical (unpaired) electrons. The Morgan fingerprint density at radius 1 is 0.271 bits per heavy atom. The van der Waals surface area contributed by atoms with Crippen LogP contribution in [0.25, 0.3) is 0 Å². The van der Waals surface area contributed by atoms with Crippen molar-refractivity contribution in [1.82, 2.24) is 0 Å². The van der Waals surface area contributed by atoms with Crippen LogP contribution in [0.3, 0.4) is 0 Å².